The fourth-order valence-corrected chi connectivity index (χ4v) is 1.38. The Morgan fingerprint density at radius 1 is 1.44 bits per heavy atom. The Bertz CT molecular complexity index is 472. The summed E-state index contributed by atoms with van der Waals surface area (Å²) in [6.07, 6.45) is 1.25. The average molecular weight is 252 g/mol. The zero-order valence-electron chi connectivity index (χ0n) is 11.3. The number of ether oxygens (including phenoxy) is 1. The van der Waals surface area contributed by atoms with Crippen LogP contribution in [0.2, 0.25) is 0 Å². The first-order valence-corrected chi connectivity index (χ1v) is 5.92. The van der Waals surface area contributed by atoms with Crippen molar-refractivity contribution in [3.63, 3.8) is 0 Å². The molecule has 0 spiro atoms. The fourth-order valence-electron chi connectivity index (χ4n) is 1.38. The Labute approximate surface area is 107 Å². The van der Waals surface area contributed by atoms with E-state index in [4.69, 9.17) is 4.74 Å². The second kappa shape index (κ2) is 5.71. The van der Waals surface area contributed by atoms with E-state index in [0.29, 0.717) is 13.1 Å². The van der Waals surface area contributed by atoms with Gasteiger partial charge in [0.2, 0.25) is 0 Å². The maximum absolute atomic E-state index is 11.6. The Kier molecular flexibility index (Phi) is 4.53. The molecule has 0 fully saturated rings. The number of aryl methyl sites for hydroxylation is 1. The quantitative estimate of drug-likeness (QED) is 0.890. The number of aromatic nitrogens is 1. The van der Waals surface area contributed by atoms with Crippen LogP contribution in [0.3, 0.4) is 0 Å². The predicted octanol–water partition coefficient (Wildman–Crippen LogP) is 1.68. The van der Waals surface area contributed by atoms with Crippen molar-refractivity contribution in [3.8, 4) is 0 Å². The molecule has 5 nitrogen and oxygen atoms in total. The molecule has 5 heteroatoms. The third kappa shape index (κ3) is 5.03. The Morgan fingerprint density at radius 3 is 2.67 bits per heavy atom. The van der Waals surface area contributed by atoms with Crippen molar-refractivity contribution in [1.82, 2.24) is 9.88 Å². The molecule has 0 radical (unpaired) electrons. The monoisotopic (exact) mass is 252 g/mol. The maximum atomic E-state index is 11.6. The molecule has 0 aliphatic carbocycles. The molecule has 1 rings (SSSR count). The van der Waals surface area contributed by atoms with E-state index in [9.17, 15) is 9.59 Å². The van der Waals surface area contributed by atoms with Gasteiger partial charge in [-0.3, -0.25) is 4.79 Å². The summed E-state index contributed by atoms with van der Waals surface area (Å²) in [6.45, 7) is 8.06. The van der Waals surface area contributed by atoms with Gasteiger partial charge in [0.05, 0.1) is 0 Å². The molecular weight excluding hydrogens is 232 g/mol. The van der Waals surface area contributed by atoms with E-state index in [1.165, 1.54) is 0 Å². The van der Waals surface area contributed by atoms with E-state index >= 15 is 0 Å². The van der Waals surface area contributed by atoms with E-state index in [1.54, 1.807) is 37.6 Å². The molecule has 1 N–H and O–H groups in total. The van der Waals surface area contributed by atoms with Crippen molar-refractivity contribution in [3.05, 3.63) is 34.2 Å². The highest BCUT2D eigenvalue weighted by Gasteiger charge is 2.15. The normalized spacial score (nSPS) is 11.1. The van der Waals surface area contributed by atoms with Crippen molar-refractivity contribution in [2.24, 2.45) is 0 Å². The smallest absolute Gasteiger partial charge is 0.407 e. The second-order valence-electron chi connectivity index (χ2n) is 5.16. The van der Waals surface area contributed by atoms with Gasteiger partial charge < -0.3 is 14.6 Å². The first-order valence-electron chi connectivity index (χ1n) is 5.92. The van der Waals surface area contributed by atoms with E-state index in [2.05, 4.69) is 5.32 Å². The zero-order chi connectivity index (χ0) is 13.8. The number of amides is 1. The zero-order valence-corrected chi connectivity index (χ0v) is 11.3. The molecule has 0 saturated heterocycles. The van der Waals surface area contributed by atoms with Crippen LogP contribution in [-0.4, -0.2) is 22.8 Å². The Morgan fingerprint density at radius 2 is 2.11 bits per heavy atom. The van der Waals surface area contributed by atoms with Crippen molar-refractivity contribution in [2.75, 3.05) is 6.54 Å². The molecule has 1 heterocycles. The number of carbonyl (C=O) groups is 1. The molecule has 100 valence electrons. The molecule has 1 amide bonds. The molecule has 18 heavy (non-hydrogen) atoms. The van der Waals surface area contributed by atoms with E-state index in [-0.39, 0.29) is 5.56 Å². The van der Waals surface area contributed by atoms with Gasteiger partial charge in [-0.25, -0.2) is 4.79 Å². The van der Waals surface area contributed by atoms with Gasteiger partial charge in [0.1, 0.15) is 5.60 Å². The molecular formula is C13H20N2O3. The van der Waals surface area contributed by atoms with Crippen LogP contribution >= 0.6 is 0 Å². The van der Waals surface area contributed by atoms with E-state index < -0.39 is 11.7 Å². The number of nitrogens with one attached hydrogen (secondary N) is 1. The maximum Gasteiger partial charge on any atom is 0.407 e. The number of pyridine rings is 1. The fraction of sp³-hybridized carbons (Fsp3) is 0.538. The largest absolute Gasteiger partial charge is 0.444 e. The van der Waals surface area contributed by atoms with Crippen LogP contribution in [0.4, 0.5) is 4.79 Å². The summed E-state index contributed by atoms with van der Waals surface area (Å²) in [6, 6.07) is 3.42. The molecule has 0 unspecified atom stereocenters. The van der Waals surface area contributed by atoms with Crippen LogP contribution in [0.15, 0.2) is 23.1 Å². The molecule has 1 aromatic rings. The van der Waals surface area contributed by atoms with Gasteiger partial charge in [-0.2, -0.15) is 0 Å². The number of nitrogens with zero attached hydrogens (tertiary/aromatic N) is 1. The lowest BCUT2D eigenvalue weighted by Gasteiger charge is -2.19. The van der Waals surface area contributed by atoms with Crippen molar-refractivity contribution in [1.29, 1.82) is 0 Å². The van der Waals surface area contributed by atoms with Gasteiger partial charge in [0.25, 0.3) is 5.56 Å². The van der Waals surface area contributed by atoms with Gasteiger partial charge in [0, 0.05) is 25.4 Å². The van der Waals surface area contributed by atoms with Gasteiger partial charge >= 0.3 is 6.09 Å². The standard InChI is InChI=1S/C13H20N2O3/c1-10-5-7-15(11(16)9-10)8-6-14-12(17)18-13(2,3)4/h5,7,9H,6,8H2,1-4H3,(H,14,17). The third-order valence-electron chi connectivity index (χ3n) is 2.17. The number of hydrogen-bond acceptors (Lipinski definition) is 3. The van der Waals surface area contributed by atoms with Crippen LogP contribution in [0, 0.1) is 6.92 Å². The van der Waals surface area contributed by atoms with Crippen LogP contribution in [0.1, 0.15) is 26.3 Å². The van der Waals surface area contributed by atoms with Crippen molar-refractivity contribution >= 4 is 6.09 Å². The minimum absolute atomic E-state index is 0.0685. The molecule has 0 saturated carbocycles. The second-order valence-corrected chi connectivity index (χ2v) is 5.16. The summed E-state index contributed by atoms with van der Waals surface area (Å²) in [5.74, 6) is 0. The lowest BCUT2D eigenvalue weighted by molar-refractivity contribution is 0.0526. The molecule has 0 aliphatic rings. The first kappa shape index (κ1) is 14.3. The predicted molar refractivity (Wildman–Crippen MR) is 69.7 cm³/mol. The summed E-state index contributed by atoms with van der Waals surface area (Å²) in [4.78, 5) is 22.9. The minimum Gasteiger partial charge on any atom is -0.444 e. The molecule has 1 aromatic heterocycles. The van der Waals surface area contributed by atoms with Crippen molar-refractivity contribution < 1.29 is 9.53 Å². The number of carbonyl (C=O) groups excluding carboxylic acids is 1. The lowest BCUT2D eigenvalue weighted by Crippen LogP contribution is -2.35. The van der Waals surface area contributed by atoms with Gasteiger partial charge in [-0.05, 0) is 39.3 Å². The number of alkyl carbamates (subject to hydrolysis) is 1. The third-order valence-corrected chi connectivity index (χ3v) is 2.17. The summed E-state index contributed by atoms with van der Waals surface area (Å²) in [5, 5.41) is 2.61. The molecule has 0 atom stereocenters. The Hall–Kier alpha value is -1.78. The number of hydrogen-bond donors (Lipinski definition) is 1. The van der Waals surface area contributed by atoms with Crippen LogP contribution < -0.4 is 10.9 Å². The van der Waals surface area contributed by atoms with Crippen LogP contribution in [-0.2, 0) is 11.3 Å². The molecule has 0 aliphatic heterocycles. The first-order chi connectivity index (χ1) is 8.28. The lowest BCUT2D eigenvalue weighted by atomic mass is 10.2. The minimum atomic E-state index is -0.509. The topological polar surface area (TPSA) is 60.3 Å². The summed E-state index contributed by atoms with van der Waals surface area (Å²) in [7, 11) is 0. The van der Waals surface area contributed by atoms with Gasteiger partial charge in [-0.1, -0.05) is 0 Å². The van der Waals surface area contributed by atoms with Crippen LogP contribution in [0.5, 0.6) is 0 Å². The summed E-state index contributed by atoms with van der Waals surface area (Å²) < 4.78 is 6.63. The highest BCUT2D eigenvalue weighted by Crippen LogP contribution is 2.06. The highest BCUT2D eigenvalue weighted by atomic mass is 16.6. The summed E-state index contributed by atoms with van der Waals surface area (Å²) in [5.41, 5.74) is 0.350. The SMILES string of the molecule is Cc1ccn(CCNC(=O)OC(C)(C)C)c(=O)c1. The number of rotatable bonds is 3. The van der Waals surface area contributed by atoms with Crippen LogP contribution in [0.25, 0.3) is 0 Å². The van der Waals surface area contributed by atoms with E-state index in [1.807, 2.05) is 13.0 Å². The molecule has 0 aromatic carbocycles. The Balaban J connectivity index is 2.43. The van der Waals surface area contributed by atoms with Gasteiger partial charge in [-0.15, -0.1) is 0 Å². The average Bonchev–Trinajstić information content (AvgIpc) is 2.18. The highest BCUT2D eigenvalue weighted by molar-refractivity contribution is 5.67. The van der Waals surface area contributed by atoms with Gasteiger partial charge in [0.15, 0.2) is 0 Å². The van der Waals surface area contributed by atoms with Crippen molar-refractivity contribution in [2.45, 2.75) is 39.8 Å². The summed E-state index contributed by atoms with van der Waals surface area (Å²) >= 11 is 0. The van der Waals surface area contributed by atoms with E-state index in [0.717, 1.165) is 5.56 Å². The molecule has 0 bridgehead atoms.